The number of hydrogen-bond acceptors (Lipinski definition) is 15. The highest BCUT2D eigenvalue weighted by Gasteiger charge is 2.45. The maximum atomic E-state index is 14.2. The topological polar surface area (TPSA) is 266 Å². The number of carbonyl (C=O) groups excluding carboxylic acids is 7. The van der Waals surface area contributed by atoms with Gasteiger partial charge in [-0.2, -0.15) is 0 Å². The first-order chi connectivity index (χ1) is 38.4. The van der Waals surface area contributed by atoms with Gasteiger partial charge in [-0.3, -0.25) is 33.6 Å². The van der Waals surface area contributed by atoms with Gasteiger partial charge in [0.2, 0.25) is 23.2 Å². The summed E-state index contributed by atoms with van der Waals surface area (Å²) in [6.45, 7) is 26.1. The molecule has 4 rings (SSSR count). The molecule has 2 unspecified atom stereocenters. The van der Waals surface area contributed by atoms with E-state index in [0.717, 1.165) is 33.6 Å². The van der Waals surface area contributed by atoms with Crippen LogP contribution in [0.2, 0.25) is 0 Å². The summed E-state index contributed by atoms with van der Waals surface area (Å²) in [5.74, 6) is -5.87. The Morgan fingerprint density at radius 2 is 1.05 bits per heavy atom. The molecule has 23 heteroatoms. The molecule has 460 valence electrons. The van der Waals surface area contributed by atoms with Crippen molar-refractivity contribution in [3.8, 4) is 0 Å². The summed E-state index contributed by atoms with van der Waals surface area (Å²) >= 11 is 0. The second-order valence-electron chi connectivity index (χ2n) is 20.0. The largest absolute Gasteiger partial charge is 0.455 e. The van der Waals surface area contributed by atoms with Crippen molar-refractivity contribution >= 4 is 52.9 Å². The minimum atomic E-state index is -1.74. The van der Waals surface area contributed by atoms with Crippen molar-refractivity contribution < 1.29 is 81.3 Å². The van der Waals surface area contributed by atoms with Gasteiger partial charge in [-0.25, -0.2) is 18.5 Å². The Hall–Kier alpha value is -7.15. The lowest BCUT2D eigenvalue weighted by molar-refractivity contribution is -0.192. The third-order valence-electron chi connectivity index (χ3n) is 13.6. The Labute approximate surface area is 487 Å². The summed E-state index contributed by atoms with van der Waals surface area (Å²) in [5, 5.41) is 36.4. The molecule has 2 fully saturated rings. The van der Waals surface area contributed by atoms with E-state index >= 15 is 0 Å². The molecule has 0 aliphatic carbocycles. The number of nitrogens with zero attached hydrogens (tertiary/aromatic N) is 4. The molecule has 0 spiro atoms. The number of ether oxygens (including phenoxy) is 5. The standard InChI is InChI=1S/C32H42FN3O9.C26H36FN3O6.2CH4/c1-8-19(2)12-15-27(43-20(3)37)28(44-21(4)38)29(45-22(5)39)30(42-7)31(40)35-26-11-9-10-16-36(32(26)41)18-23-13-14-25(34-6)24(33)17-23;1-5-16(2)9-12-21(31)22(32)23(33)24(36-4)25(34)29-20-8-6-7-13-30(26(20)35)15-17-10-11-19(28-3)18(27)14-17;;/h12-15,17,19,26-30H,8-11,16,18H2,1-5,7H3,(H,35,40);9-12,14,16,20-24,31-33H,5-8,13,15H2,1-2,4H3,(H,29,34);2*1H4/b15-12+;12-9+;;/t19?,26-,27+,28-,29+,30+;16?,20-,21+,22-,23+,24+;;/m00../s1. The van der Waals surface area contributed by atoms with Crippen LogP contribution in [0.3, 0.4) is 0 Å². The normalized spacial score (nSPS) is 19.0. The van der Waals surface area contributed by atoms with Crippen LogP contribution >= 0.6 is 0 Å². The van der Waals surface area contributed by atoms with Crippen LogP contribution in [0.4, 0.5) is 20.2 Å². The lowest BCUT2D eigenvalue weighted by Crippen LogP contribution is -2.58. The average Bonchev–Trinajstić information content (AvgIpc) is 3.92. The fourth-order valence-corrected chi connectivity index (χ4v) is 8.79. The zero-order valence-electron chi connectivity index (χ0n) is 47.5. The molecule has 21 nitrogen and oxygen atoms in total. The molecule has 5 N–H and O–H groups in total. The van der Waals surface area contributed by atoms with Crippen molar-refractivity contribution in [2.75, 3.05) is 27.3 Å². The molecular weight excluding hydrogens is 1080 g/mol. The predicted octanol–water partition coefficient (Wildman–Crippen LogP) is 7.13. The first-order valence-electron chi connectivity index (χ1n) is 26.9. The van der Waals surface area contributed by atoms with Crippen molar-refractivity contribution in [1.29, 1.82) is 0 Å². The van der Waals surface area contributed by atoms with Crippen LogP contribution < -0.4 is 10.6 Å². The van der Waals surface area contributed by atoms with Crippen LogP contribution in [0.15, 0.2) is 60.7 Å². The number of allylic oxidation sites excluding steroid dienone is 2. The van der Waals surface area contributed by atoms with Crippen LogP contribution in [-0.2, 0) is 70.3 Å². The van der Waals surface area contributed by atoms with Crippen molar-refractivity contribution in [1.82, 2.24) is 20.4 Å². The molecule has 12 atom stereocenters. The van der Waals surface area contributed by atoms with Gasteiger partial charge in [0, 0.05) is 61.2 Å². The molecule has 0 aromatic heterocycles. The highest BCUT2D eigenvalue weighted by atomic mass is 19.1. The molecule has 2 aliphatic rings. The highest BCUT2D eigenvalue weighted by molar-refractivity contribution is 5.91. The molecule has 83 heavy (non-hydrogen) atoms. The first kappa shape index (κ1) is 73.9. The van der Waals surface area contributed by atoms with Gasteiger partial charge in [0.15, 0.2) is 30.5 Å². The molecule has 4 amide bonds. The number of halogens is 2. The number of nitrogens with one attached hydrogen (secondary N) is 2. The summed E-state index contributed by atoms with van der Waals surface area (Å²) in [6.07, 6.45) is -1.13. The van der Waals surface area contributed by atoms with Crippen LogP contribution in [0.1, 0.15) is 126 Å². The van der Waals surface area contributed by atoms with Gasteiger partial charge >= 0.3 is 17.9 Å². The summed E-state index contributed by atoms with van der Waals surface area (Å²) < 4.78 is 55.2. The number of hydrogen-bond donors (Lipinski definition) is 5. The number of aliphatic hydroxyl groups excluding tert-OH is 3. The van der Waals surface area contributed by atoms with Crippen molar-refractivity contribution in [3.05, 3.63) is 106 Å². The van der Waals surface area contributed by atoms with Gasteiger partial charge in [-0.1, -0.05) is 97.9 Å². The molecule has 2 aromatic rings. The summed E-state index contributed by atoms with van der Waals surface area (Å²) in [7, 11) is 2.37. The van der Waals surface area contributed by atoms with Gasteiger partial charge in [0.05, 0.1) is 13.1 Å². The lowest BCUT2D eigenvalue weighted by atomic mass is 9.98. The lowest BCUT2D eigenvalue weighted by Gasteiger charge is -2.34. The average molecular weight is 1170 g/mol. The molecule has 0 radical (unpaired) electrons. The Morgan fingerprint density at radius 1 is 0.639 bits per heavy atom. The van der Waals surface area contributed by atoms with Gasteiger partial charge in [0.25, 0.3) is 11.8 Å². The van der Waals surface area contributed by atoms with Crippen molar-refractivity contribution in [2.24, 2.45) is 11.8 Å². The maximum Gasteiger partial charge on any atom is 0.303 e. The Bertz CT molecular complexity index is 2610. The van der Waals surface area contributed by atoms with E-state index in [1.807, 2.05) is 27.7 Å². The quantitative estimate of drug-likeness (QED) is 0.0286. The smallest absolute Gasteiger partial charge is 0.303 e. The number of likely N-dealkylation sites (tertiary alicyclic amines) is 2. The molecule has 0 saturated carbocycles. The summed E-state index contributed by atoms with van der Waals surface area (Å²) in [4.78, 5) is 99.0. The van der Waals surface area contributed by atoms with E-state index in [4.69, 9.17) is 36.8 Å². The third kappa shape index (κ3) is 23.2. The minimum Gasteiger partial charge on any atom is -0.455 e. The second-order valence-corrected chi connectivity index (χ2v) is 20.0. The van der Waals surface area contributed by atoms with E-state index in [1.54, 1.807) is 24.3 Å². The molecule has 2 saturated heterocycles. The van der Waals surface area contributed by atoms with Crippen LogP contribution in [0.25, 0.3) is 9.69 Å². The molecule has 2 heterocycles. The Balaban J connectivity index is 0.000000829. The number of benzene rings is 2. The number of carbonyl (C=O) groups is 7. The van der Waals surface area contributed by atoms with E-state index < -0.39 is 108 Å². The van der Waals surface area contributed by atoms with Crippen LogP contribution in [-0.4, -0.2) is 155 Å². The molecule has 2 aromatic carbocycles. The number of aliphatic hydroxyl groups is 3. The van der Waals surface area contributed by atoms with Gasteiger partial charge in [0.1, 0.15) is 42.0 Å². The Morgan fingerprint density at radius 3 is 1.43 bits per heavy atom. The van der Waals surface area contributed by atoms with E-state index in [2.05, 4.69) is 20.3 Å². The van der Waals surface area contributed by atoms with E-state index in [1.165, 1.54) is 60.4 Å². The fraction of sp³-hybridized carbons (Fsp3) is 0.583. The summed E-state index contributed by atoms with van der Waals surface area (Å²) in [6, 6.07) is 6.39. The molecule has 0 bridgehead atoms. The second kappa shape index (κ2) is 37.1. The van der Waals surface area contributed by atoms with E-state index in [0.29, 0.717) is 62.7 Å². The Kier molecular flexibility index (Phi) is 33.0. The van der Waals surface area contributed by atoms with Crippen molar-refractivity contribution in [3.63, 3.8) is 0 Å². The number of rotatable bonds is 25. The zero-order chi connectivity index (χ0) is 60.5. The number of amides is 4. The number of methoxy groups -OCH3 is 2. The SMILES string of the molecule is C.C.[C-]#[N+]c1ccc(CN2CCCC[C@H](NC(=O)[C@H](OC)[C@H](O)[C@@H](O)[C@H](O)/C=C/C(C)CC)C2=O)cc1F.[C-]#[N+]c1ccc(CN2CCCC[C@H](NC(=O)[C@H](OC)[C@H](OC(C)=O)[C@@H](OC(C)=O)[C@@H](/C=C/C(C)CC)OC(C)=O)C2=O)cc1F. The zero-order valence-corrected chi connectivity index (χ0v) is 47.5. The van der Waals surface area contributed by atoms with E-state index in [9.17, 15) is 57.7 Å². The first-order valence-corrected chi connectivity index (χ1v) is 26.9. The maximum absolute atomic E-state index is 14.2. The number of esters is 3. The fourth-order valence-electron chi connectivity index (χ4n) is 8.79. The third-order valence-corrected chi connectivity index (χ3v) is 13.6. The monoisotopic (exact) mass is 1170 g/mol. The van der Waals surface area contributed by atoms with Crippen LogP contribution in [0, 0.1) is 36.6 Å². The minimum absolute atomic E-state index is 0. The van der Waals surface area contributed by atoms with Gasteiger partial charge < -0.3 is 59.4 Å². The van der Waals surface area contributed by atoms with Crippen molar-refractivity contribution in [2.45, 2.75) is 189 Å². The molecule has 2 aliphatic heterocycles. The predicted molar refractivity (Wildman–Crippen MR) is 305 cm³/mol. The van der Waals surface area contributed by atoms with Gasteiger partial charge in [-0.15, -0.1) is 0 Å². The van der Waals surface area contributed by atoms with Gasteiger partial charge in [-0.05, 0) is 79.7 Å². The van der Waals surface area contributed by atoms with Crippen LogP contribution in [0.5, 0.6) is 0 Å². The highest BCUT2D eigenvalue weighted by Crippen LogP contribution is 2.26. The molecular formula is C60H86F2N6O15. The summed E-state index contributed by atoms with van der Waals surface area (Å²) in [5.41, 5.74) is 0.777. The van der Waals surface area contributed by atoms with E-state index in [-0.39, 0.29) is 57.1 Å².